The molecule has 0 saturated carbocycles. The summed E-state index contributed by atoms with van der Waals surface area (Å²) in [6.07, 6.45) is -0.919. The van der Waals surface area contributed by atoms with E-state index >= 15 is 0 Å². The Bertz CT molecular complexity index is 1200. The van der Waals surface area contributed by atoms with Crippen LogP contribution in [0.25, 0.3) is 10.9 Å². The number of fused-ring (bicyclic) bond motifs is 1. The fourth-order valence-corrected chi connectivity index (χ4v) is 3.97. The summed E-state index contributed by atoms with van der Waals surface area (Å²) < 4.78 is 5.42. The van der Waals surface area contributed by atoms with Gasteiger partial charge in [0, 0.05) is 34.1 Å². The zero-order chi connectivity index (χ0) is 21.1. The second-order valence-electron chi connectivity index (χ2n) is 6.96. The van der Waals surface area contributed by atoms with E-state index < -0.39 is 12.1 Å². The van der Waals surface area contributed by atoms with Gasteiger partial charge in [0.1, 0.15) is 0 Å². The molecule has 30 heavy (non-hydrogen) atoms. The highest BCUT2D eigenvalue weighted by Gasteiger charge is 2.25. The average Bonchev–Trinajstić information content (AvgIpc) is 3.36. The minimum atomic E-state index is -0.919. The third-order valence-electron chi connectivity index (χ3n) is 4.79. The Morgan fingerprint density at radius 2 is 1.87 bits per heavy atom. The number of aromatic nitrogens is 2. The number of aromatic amines is 1. The summed E-state index contributed by atoms with van der Waals surface area (Å²) >= 11 is 1.32. The molecular weight excluding hydrogens is 398 g/mol. The molecule has 0 bridgehead atoms. The number of ether oxygens (including phenoxy) is 1. The van der Waals surface area contributed by atoms with Crippen molar-refractivity contribution in [2.24, 2.45) is 0 Å². The molecular formula is C23H21N3O3S. The van der Waals surface area contributed by atoms with Crippen LogP contribution >= 0.6 is 11.3 Å². The second kappa shape index (κ2) is 8.51. The number of carbonyl (C=O) groups is 2. The van der Waals surface area contributed by atoms with E-state index in [9.17, 15) is 9.59 Å². The molecule has 0 unspecified atom stereocenters. The number of Topliss-reactive ketones (excluding diaryl/α,β-unsaturated/α-hetero) is 1. The van der Waals surface area contributed by atoms with Gasteiger partial charge in [0.2, 0.25) is 5.78 Å². The van der Waals surface area contributed by atoms with Crippen LogP contribution in [-0.2, 0) is 11.3 Å². The number of carbonyl (C=O) groups excluding carboxylic acids is 2. The maximum atomic E-state index is 12.9. The smallest absolute Gasteiger partial charge is 0.358 e. The van der Waals surface area contributed by atoms with Crippen LogP contribution in [0.3, 0.4) is 0 Å². The van der Waals surface area contributed by atoms with Crippen LogP contribution in [0.5, 0.6) is 0 Å². The Morgan fingerprint density at radius 3 is 2.67 bits per heavy atom. The second-order valence-corrected chi connectivity index (χ2v) is 7.82. The van der Waals surface area contributed by atoms with Gasteiger partial charge in [-0.2, -0.15) is 0 Å². The van der Waals surface area contributed by atoms with Crippen molar-refractivity contribution in [1.82, 2.24) is 9.97 Å². The Morgan fingerprint density at radius 1 is 1.13 bits per heavy atom. The summed E-state index contributed by atoms with van der Waals surface area (Å²) in [5.41, 5.74) is 3.49. The first-order valence-electron chi connectivity index (χ1n) is 9.58. The molecule has 2 aromatic carbocycles. The normalized spacial score (nSPS) is 11.9. The number of hydrogen-bond donors (Lipinski definition) is 2. The standard InChI is InChI=1S/C23H21N3O3S/c1-14-20(17-10-6-7-11-18(17)25-14)21(27)15(2)29-22(28)19-13-30-23(26-19)24-12-16-8-4-3-5-9-16/h3-11,13,15,25H,12H2,1-2H3,(H,24,26)/t15-/m1/s1. The molecule has 2 heterocycles. The van der Waals surface area contributed by atoms with Crippen LogP contribution in [0.2, 0.25) is 0 Å². The predicted molar refractivity (Wildman–Crippen MR) is 118 cm³/mol. The summed E-state index contributed by atoms with van der Waals surface area (Å²) in [7, 11) is 0. The summed E-state index contributed by atoms with van der Waals surface area (Å²) in [6.45, 7) is 4.03. The van der Waals surface area contributed by atoms with Crippen molar-refractivity contribution in [3.05, 3.63) is 82.5 Å². The van der Waals surface area contributed by atoms with Crippen molar-refractivity contribution in [3.63, 3.8) is 0 Å². The number of aryl methyl sites for hydroxylation is 1. The molecule has 4 aromatic rings. The van der Waals surface area contributed by atoms with Crippen molar-refractivity contribution in [2.45, 2.75) is 26.5 Å². The van der Waals surface area contributed by atoms with E-state index in [1.807, 2.05) is 61.5 Å². The van der Waals surface area contributed by atoms with Gasteiger partial charge in [0.05, 0.1) is 0 Å². The van der Waals surface area contributed by atoms with Crippen molar-refractivity contribution in [3.8, 4) is 0 Å². The van der Waals surface area contributed by atoms with Crippen molar-refractivity contribution < 1.29 is 14.3 Å². The molecule has 0 aliphatic rings. The Balaban J connectivity index is 1.41. The molecule has 7 heteroatoms. The first kappa shape index (κ1) is 19.8. The quantitative estimate of drug-likeness (QED) is 0.326. The Labute approximate surface area is 177 Å². The summed E-state index contributed by atoms with van der Waals surface area (Å²) in [5.74, 6) is -0.853. The number of anilines is 1. The zero-order valence-corrected chi connectivity index (χ0v) is 17.5. The molecule has 0 saturated heterocycles. The molecule has 0 radical (unpaired) electrons. The third kappa shape index (κ3) is 4.11. The van der Waals surface area contributed by atoms with Gasteiger partial charge in [0.15, 0.2) is 16.9 Å². The number of esters is 1. The molecule has 0 aliphatic carbocycles. The highest BCUT2D eigenvalue weighted by Crippen LogP contribution is 2.24. The number of nitrogens with one attached hydrogen (secondary N) is 2. The summed E-state index contributed by atoms with van der Waals surface area (Å²) in [6, 6.07) is 17.5. The Kier molecular flexibility index (Phi) is 5.63. The third-order valence-corrected chi connectivity index (χ3v) is 5.59. The minimum absolute atomic E-state index is 0.186. The molecule has 2 aromatic heterocycles. The van der Waals surface area contributed by atoms with Crippen LogP contribution in [0.15, 0.2) is 60.0 Å². The van der Waals surface area contributed by atoms with E-state index in [1.165, 1.54) is 11.3 Å². The molecule has 1 atom stereocenters. The number of H-pyrrole nitrogens is 1. The highest BCUT2D eigenvalue weighted by molar-refractivity contribution is 7.13. The molecule has 152 valence electrons. The van der Waals surface area contributed by atoms with Gasteiger partial charge in [-0.15, -0.1) is 11.3 Å². The SMILES string of the molecule is Cc1[nH]c2ccccc2c1C(=O)[C@@H](C)OC(=O)c1csc(NCc2ccccc2)n1. The first-order chi connectivity index (χ1) is 14.5. The fourth-order valence-electron chi connectivity index (χ4n) is 3.29. The number of nitrogens with zero attached hydrogens (tertiary/aromatic N) is 1. The number of benzene rings is 2. The van der Waals surface area contributed by atoms with Crippen molar-refractivity contribution >= 4 is 39.1 Å². The van der Waals surface area contributed by atoms with Gasteiger partial charge >= 0.3 is 5.97 Å². The van der Waals surface area contributed by atoms with Crippen molar-refractivity contribution in [1.29, 1.82) is 0 Å². The van der Waals surface area contributed by atoms with Crippen LogP contribution in [0.1, 0.15) is 39.0 Å². The monoisotopic (exact) mass is 419 g/mol. The van der Waals surface area contributed by atoms with Gasteiger partial charge in [-0.3, -0.25) is 4.79 Å². The number of thiazole rings is 1. The van der Waals surface area contributed by atoms with Gasteiger partial charge in [-0.25, -0.2) is 9.78 Å². The Hall–Kier alpha value is -3.45. The van der Waals surface area contributed by atoms with E-state index in [1.54, 1.807) is 12.3 Å². The largest absolute Gasteiger partial charge is 0.450 e. The molecule has 6 nitrogen and oxygen atoms in total. The van der Waals surface area contributed by atoms with Gasteiger partial charge in [-0.05, 0) is 25.5 Å². The molecule has 0 fully saturated rings. The maximum Gasteiger partial charge on any atom is 0.358 e. The van der Waals surface area contributed by atoms with Crippen LogP contribution in [-0.4, -0.2) is 27.8 Å². The van der Waals surface area contributed by atoms with E-state index in [4.69, 9.17) is 4.74 Å². The number of hydrogen-bond acceptors (Lipinski definition) is 6. The molecule has 0 amide bonds. The van der Waals surface area contributed by atoms with Crippen LogP contribution in [0.4, 0.5) is 5.13 Å². The van der Waals surface area contributed by atoms with Gasteiger partial charge in [0.25, 0.3) is 0 Å². The molecule has 0 aliphatic heterocycles. The average molecular weight is 420 g/mol. The summed E-state index contributed by atoms with van der Waals surface area (Å²) in [5, 5.41) is 6.27. The first-order valence-corrected chi connectivity index (χ1v) is 10.5. The van der Waals surface area contributed by atoms with Gasteiger partial charge in [-0.1, -0.05) is 48.5 Å². The van der Waals surface area contributed by atoms with E-state index in [-0.39, 0.29) is 11.5 Å². The molecule has 0 spiro atoms. The summed E-state index contributed by atoms with van der Waals surface area (Å²) in [4.78, 5) is 32.9. The lowest BCUT2D eigenvalue weighted by Gasteiger charge is -2.11. The number of ketones is 1. The van der Waals surface area contributed by atoms with E-state index in [2.05, 4.69) is 15.3 Å². The highest BCUT2D eigenvalue weighted by atomic mass is 32.1. The van der Waals surface area contributed by atoms with E-state index in [0.29, 0.717) is 17.2 Å². The lowest BCUT2D eigenvalue weighted by Crippen LogP contribution is -2.25. The zero-order valence-electron chi connectivity index (χ0n) is 16.6. The van der Waals surface area contributed by atoms with Crippen LogP contribution < -0.4 is 5.32 Å². The lowest BCUT2D eigenvalue weighted by atomic mass is 10.0. The maximum absolute atomic E-state index is 12.9. The fraction of sp³-hybridized carbons (Fsp3) is 0.174. The topological polar surface area (TPSA) is 84.1 Å². The van der Waals surface area contributed by atoms with Crippen LogP contribution in [0, 0.1) is 6.92 Å². The number of rotatable bonds is 7. The lowest BCUT2D eigenvalue weighted by molar-refractivity contribution is 0.0314. The molecule has 2 N–H and O–H groups in total. The molecule has 4 rings (SSSR count). The van der Waals surface area contributed by atoms with E-state index in [0.717, 1.165) is 22.2 Å². The predicted octanol–water partition coefficient (Wildman–Crippen LogP) is 4.97. The number of para-hydroxylation sites is 1. The van der Waals surface area contributed by atoms with Crippen molar-refractivity contribution in [2.75, 3.05) is 5.32 Å². The minimum Gasteiger partial charge on any atom is -0.450 e. The van der Waals surface area contributed by atoms with Gasteiger partial charge < -0.3 is 15.0 Å².